The van der Waals surface area contributed by atoms with Crippen molar-refractivity contribution >= 4 is 39.0 Å². The first-order chi connectivity index (χ1) is 15.9. The number of halogens is 2. The van der Waals surface area contributed by atoms with Gasteiger partial charge < -0.3 is 14.8 Å². The molecule has 2 aliphatic rings. The van der Waals surface area contributed by atoms with Crippen molar-refractivity contribution in [3.63, 3.8) is 0 Å². The number of esters is 1. The van der Waals surface area contributed by atoms with Crippen LogP contribution in [0.15, 0.2) is 62.7 Å². The number of allylic oxidation sites excluding steroid dienone is 3. The van der Waals surface area contributed by atoms with E-state index in [4.69, 9.17) is 9.47 Å². The van der Waals surface area contributed by atoms with E-state index in [1.165, 1.54) is 6.07 Å². The number of Topliss-reactive ketones (excluding diaryl/α,β-unsaturated/α-hetero) is 1. The highest BCUT2D eigenvalue weighted by Gasteiger charge is 2.42. The van der Waals surface area contributed by atoms with Gasteiger partial charge in [0.2, 0.25) is 0 Å². The van der Waals surface area contributed by atoms with Gasteiger partial charge in [-0.15, -0.1) is 11.3 Å². The number of dihydropyridines is 1. The van der Waals surface area contributed by atoms with Crippen LogP contribution in [-0.2, 0) is 19.1 Å². The summed E-state index contributed by atoms with van der Waals surface area (Å²) in [6, 6.07) is 8.59. The van der Waals surface area contributed by atoms with E-state index in [9.17, 15) is 9.59 Å². The van der Waals surface area contributed by atoms with Gasteiger partial charge in [-0.1, -0.05) is 22.0 Å². The molecule has 1 aliphatic heterocycles. The average Bonchev–Trinajstić information content (AvgIpc) is 3.32. The van der Waals surface area contributed by atoms with Crippen molar-refractivity contribution in [3.05, 3.63) is 79.0 Å². The minimum Gasteiger partial charge on any atom is -0.460 e. The Morgan fingerprint density at radius 3 is 2.82 bits per heavy atom. The molecule has 2 heterocycles. The molecule has 2 atom stereocenters. The van der Waals surface area contributed by atoms with E-state index in [0.717, 1.165) is 10.6 Å². The number of hydrogen-bond donors (Lipinski definition) is 1. The van der Waals surface area contributed by atoms with Crippen molar-refractivity contribution in [2.75, 3.05) is 19.8 Å². The zero-order chi connectivity index (χ0) is 23.5. The zero-order valence-corrected chi connectivity index (χ0v) is 20.9. The molecule has 0 amide bonds. The molecule has 0 radical (unpaired) electrons. The van der Waals surface area contributed by atoms with E-state index in [2.05, 4.69) is 21.2 Å². The molecular formula is C25H25BrFNO4S. The summed E-state index contributed by atoms with van der Waals surface area (Å²) in [5, 5.41) is 5.28. The molecule has 2 aromatic rings. The molecule has 33 heavy (non-hydrogen) atoms. The molecule has 0 fully saturated rings. The largest absolute Gasteiger partial charge is 0.460 e. The SMILES string of the molecule is CCOCCOC(=O)C1=C(C)NC2=C(C(=O)CC(c3cccs3)C2)C1c1cc(Br)ccc1F. The monoisotopic (exact) mass is 533 g/mol. The highest BCUT2D eigenvalue weighted by Crippen LogP contribution is 2.47. The maximum absolute atomic E-state index is 15.1. The highest BCUT2D eigenvalue weighted by atomic mass is 79.9. The Labute approximate surface area is 204 Å². The van der Waals surface area contributed by atoms with Crippen molar-refractivity contribution in [2.24, 2.45) is 0 Å². The fourth-order valence-electron chi connectivity index (χ4n) is 4.50. The molecular weight excluding hydrogens is 509 g/mol. The lowest BCUT2D eigenvalue weighted by molar-refractivity contribution is -0.140. The molecule has 0 bridgehead atoms. The third-order valence-electron chi connectivity index (χ3n) is 5.93. The van der Waals surface area contributed by atoms with Crippen LogP contribution in [0.1, 0.15) is 49.0 Å². The maximum atomic E-state index is 15.1. The Bertz CT molecular complexity index is 1130. The molecule has 5 nitrogen and oxygen atoms in total. The Hall–Kier alpha value is -2.29. The van der Waals surface area contributed by atoms with Crippen molar-refractivity contribution in [3.8, 4) is 0 Å². The summed E-state index contributed by atoms with van der Waals surface area (Å²) in [7, 11) is 0. The lowest BCUT2D eigenvalue weighted by atomic mass is 9.72. The van der Waals surface area contributed by atoms with Crippen molar-refractivity contribution < 1.29 is 23.5 Å². The third kappa shape index (κ3) is 4.98. The normalized spacial score (nSPS) is 20.5. The van der Waals surface area contributed by atoms with Crippen LogP contribution in [-0.4, -0.2) is 31.6 Å². The second-order valence-corrected chi connectivity index (χ2v) is 9.93. The van der Waals surface area contributed by atoms with Gasteiger partial charge >= 0.3 is 5.97 Å². The van der Waals surface area contributed by atoms with Gasteiger partial charge in [-0.05, 0) is 49.9 Å². The number of ketones is 1. The van der Waals surface area contributed by atoms with E-state index < -0.39 is 17.7 Å². The zero-order valence-electron chi connectivity index (χ0n) is 18.5. The Morgan fingerprint density at radius 1 is 1.27 bits per heavy atom. The molecule has 1 aromatic heterocycles. The lowest BCUT2D eigenvalue weighted by Gasteiger charge is -2.36. The Balaban J connectivity index is 1.75. The minimum atomic E-state index is -0.838. The number of benzene rings is 1. The van der Waals surface area contributed by atoms with Gasteiger partial charge in [-0.3, -0.25) is 4.79 Å². The highest BCUT2D eigenvalue weighted by molar-refractivity contribution is 9.10. The quantitative estimate of drug-likeness (QED) is 0.371. The lowest BCUT2D eigenvalue weighted by Crippen LogP contribution is -2.36. The first-order valence-corrected chi connectivity index (χ1v) is 12.5. The topological polar surface area (TPSA) is 64.6 Å². The van der Waals surface area contributed by atoms with Crippen molar-refractivity contribution in [1.82, 2.24) is 5.32 Å². The molecule has 0 saturated carbocycles. The van der Waals surface area contributed by atoms with E-state index >= 15 is 4.39 Å². The summed E-state index contributed by atoms with van der Waals surface area (Å²) in [6.45, 7) is 4.50. The number of carbonyl (C=O) groups is 2. The number of thiophene rings is 1. The molecule has 1 aromatic carbocycles. The first kappa shape index (κ1) is 23.9. The van der Waals surface area contributed by atoms with E-state index in [1.807, 2.05) is 24.4 Å². The molecule has 1 N–H and O–H groups in total. The standard InChI is InChI=1S/C25H25BrFNO4S/c1-3-31-8-9-32-25(30)22-14(2)28-19-11-15(21-5-4-10-33-21)12-20(29)24(19)23(22)17-13-16(26)6-7-18(17)27/h4-7,10,13,15,23,28H,3,8-9,11-12H2,1-2H3. The molecule has 4 rings (SSSR count). The van der Waals surface area contributed by atoms with Gasteiger partial charge in [0.15, 0.2) is 5.78 Å². The average molecular weight is 534 g/mol. The van der Waals surface area contributed by atoms with Gasteiger partial charge in [-0.2, -0.15) is 0 Å². The van der Waals surface area contributed by atoms with Gasteiger partial charge in [0.1, 0.15) is 12.4 Å². The van der Waals surface area contributed by atoms with Crippen LogP contribution in [0.2, 0.25) is 0 Å². The summed E-state index contributed by atoms with van der Waals surface area (Å²) < 4.78 is 26.5. The van der Waals surface area contributed by atoms with Crippen LogP contribution in [0.4, 0.5) is 4.39 Å². The Kier molecular flexibility index (Phi) is 7.46. The predicted molar refractivity (Wildman–Crippen MR) is 128 cm³/mol. The summed E-state index contributed by atoms with van der Waals surface area (Å²) in [4.78, 5) is 27.8. The van der Waals surface area contributed by atoms with Gasteiger partial charge in [-0.25, -0.2) is 9.18 Å². The predicted octanol–water partition coefficient (Wildman–Crippen LogP) is 5.59. The molecule has 0 spiro atoms. The summed E-state index contributed by atoms with van der Waals surface area (Å²) in [5.74, 6) is -1.92. The third-order valence-corrected chi connectivity index (χ3v) is 7.46. The van der Waals surface area contributed by atoms with Crippen LogP contribution in [0.25, 0.3) is 0 Å². The minimum absolute atomic E-state index is 0.0595. The maximum Gasteiger partial charge on any atom is 0.336 e. The smallest absolute Gasteiger partial charge is 0.336 e. The molecule has 174 valence electrons. The molecule has 1 aliphatic carbocycles. The summed E-state index contributed by atoms with van der Waals surface area (Å²) in [6.07, 6.45) is 0.941. The van der Waals surface area contributed by atoms with Crippen molar-refractivity contribution in [2.45, 2.75) is 38.5 Å². The van der Waals surface area contributed by atoms with E-state index in [1.54, 1.807) is 30.4 Å². The number of ether oxygens (including phenoxy) is 2. The number of rotatable bonds is 7. The number of carbonyl (C=O) groups excluding carboxylic acids is 2. The van der Waals surface area contributed by atoms with E-state index in [0.29, 0.717) is 35.2 Å². The van der Waals surface area contributed by atoms with Crippen LogP contribution < -0.4 is 5.32 Å². The van der Waals surface area contributed by atoms with Crippen LogP contribution in [0.3, 0.4) is 0 Å². The molecule has 8 heteroatoms. The summed E-state index contributed by atoms with van der Waals surface area (Å²) in [5.41, 5.74) is 2.29. The molecule has 2 unspecified atom stereocenters. The fourth-order valence-corrected chi connectivity index (χ4v) is 5.71. The fraction of sp³-hybridized carbons (Fsp3) is 0.360. The van der Waals surface area contributed by atoms with Crippen LogP contribution in [0, 0.1) is 5.82 Å². The first-order valence-electron chi connectivity index (χ1n) is 10.9. The number of nitrogens with one attached hydrogen (secondary N) is 1. The summed E-state index contributed by atoms with van der Waals surface area (Å²) >= 11 is 5.03. The van der Waals surface area contributed by atoms with Gasteiger partial charge in [0, 0.05) is 50.8 Å². The van der Waals surface area contributed by atoms with Crippen molar-refractivity contribution in [1.29, 1.82) is 0 Å². The number of hydrogen-bond acceptors (Lipinski definition) is 6. The van der Waals surface area contributed by atoms with Gasteiger partial charge in [0.25, 0.3) is 0 Å². The van der Waals surface area contributed by atoms with Gasteiger partial charge in [0.05, 0.1) is 18.1 Å². The van der Waals surface area contributed by atoms with Crippen LogP contribution in [0.5, 0.6) is 0 Å². The Morgan fingerprint density at radius 2 is 2.09 bits per heavy atom. The van der Waals surface area contributed by atoms with Crippen LogP contribution >= 0.6 is 27.3 Å². The van der Waals surface area contributed by atoms with E-state index in [-0.39, 0.29) is 36.1 Å². The second kappa shape index (κ2) is 10.3. The second-order valence-electron chi connectivity index (χ2n) is 8.03. The molecule has 0 saturated heterocycles.